The Morgan fingerprint density at radius 3 is 2.76 bits per heavy atom. The van der Waals surface area contributed by atoms with Crippen molar-refractivity contribution in [3.8, 4) is 16.3 Å². The molecule has 8 nitrogen and oxygen atoms in total. The van der Waals surface area contributed by atoms with E-state index in [9.17, 15) is 17.6 Å². The first-order chi connectivity index (χ1) is 15.9. The molecule has 2 aromatic carbocycles. The van der Waals surface area contributed by atoms with Gasteiger partial charge in [0.1, 0.15) is 23.2 Å². The van der Waals surface area contributed by atoms with E-state index in [-0.39, 0.29) is 37.8 Å². The van der Waals surface area contributed by atoms with Crippen LogP contribution < -0.4 is 4.74 Å². The topological polar surface area (TPSA) is 95.0 Å². The molecular weight excluding hydrogens is 471 g/mol. The summed E-state index contributed by atoms with van der Waals surface area (Å²) >= 11 is 1.37. The maximum atomic E-state index is 14.3. The lowest BCUT2D eigenvalue weighted by Gasteiger charge is -2.26. The van der Waals surface area contributed by atoms with Crippen molar-refractivity contribution in [3.63, 3.8) is 0 Å². The Balaban J connectivity index is 1.47. The van der Waals surface area contributed by atoms with Gasteiger partial charge in [-0.15, -0.1) is 11.3 Å². The third-order valence-electron chi connectivity index (χ3n) is 4.99. The highest BCUT2D eigenvalue weighted by molar-refractivity contribution is 7.89. The average molecular weight is 493 g/mol. The predicted octanol–water partition coefficient (Wildman–Crippen LogP) is 3.34. The quantitative estimate of drug-likeness (QED) is 0.467. The fourth-order valence-corrected chi connectivity index (χ4v) is 5.47. The molecule has 174 valence electrons. The summed E-state index contributed by atoms with van der Waals surface area (Å²) in [5.74, 6) is -1.14. The number of thiazole rings is 1. The molecule has 3 aromatic rings. The number of nitrogens with zero attached hydrogens (tertiary/aromatic N) is 2. The standard InChI is InChI=1S/C22H21FN2O6S2/c1-29-17-4-2-3-15(11-17)21-24-16(14-32-21)13-31-22(26)19-12-18(5-6-20(19)23)33(27,28)25-7-9-30-10-8-25/h2-6,11-12,14H,7-10,13H2,1H3. The van der Waals surface area contributed by atoms with E-state index in [2.05, 4.69) is 4.98 Å². The number of carbonyl (C=O) groups excluding carboxylic acids is 1. The van der Waals surface area contributed by atoms with Crippen molar-refractivity contribution in [1.29, 1.82) is 0 Å². The van der Waals surface area contributed by atoms with E-state index < -0.39 is 27.4 Å². The minimum absolute atomic E-state index is 0.174. The monoisotopic (exact) mass is 492 g/mol. The van der Waals surface area contributed by atoms with Gasteiger partial charge >= 0.3 is 5.97 Å². The van der Waals surface area contributed by atoms with Crippen LogP contribution in [0.1, 0.15) is 16.1 Å². The van der Waals surface area contributed by atoms with E-state index in [0.29, 0.717) is 16.5 Å². The zero-order valence-corrected chi connectivity index (χ0v) is 19.3. The number of rotatable bonds is 7. The number of methoxy groups -OCH3 is 1. The number of benzene rings is 2. The summed E-state index contributed by atoms with van der Waals surface area (Å²) in [7, 11) is -2.30. The number of halogens is 1. The molecule has 0 amide bonds. The fourth-order valence-electron chi connectivity index (χ4n) is 3.24. The Bertz CT molecular complexity index is 1260. The summed E-state index contributed by atoms with van der Waals surface area (Å²) in [4.78, 5) is 16.8. The second-order valence-electron chi connectivity index (χ2n) is 7.11. The van der Waals surface area contributed by atoms with E-state index in [1.54, 1.807) is 12.5 Å². The lowest BCUT2D eigenvalue weighted by atomic mass is 10.2. The van der Waals surface area contributed by atoms with Crippen molar-refractivity contribution in [2.24, 2.45) is 0 Å². The van der Waals surface area contributed by atoms with Crippen LogP contribution in [-0.4, -0.2) is 57.1 Å². The number of sulfonamides is 1. The van der Waals surface area contributed by atoms with Crippen molar-refractivity contribution in [1.82, 2.24) is 9.29 Å². The van der Waals surface area contributed by atoms with Crippen LogP contribution in [0.4, 0.5) is 4.39 Å². The molecule has 0 atom stereocenters. The lowest BCUT2D eigenvalue weighted by molar-refractivity contribution is 0.0462. The summed E-state index contributed by atoms with van der Waals surface area (Å²) in [6, 6.07) is 10.5. The molecule has 0 bridgehead atoms. The van der Waals surface area contributed by atoms with Gasteiger partial charge in [-0.25, -0.2) is 22.6 Å². The largest absolute Gasteiger partial charge is 0.497 e. The van der Waals surface area contributed by atoms with Gasteiger partial charge in [-0.3, -0.25) is 0 Å². The minimum atomic E-state index is -3.88. The van der Waals surface area contributed by atoms with Crippen LogP contribution in [0.25, 0.3) is 10.6 Å². The molecular formula is C22H21FN2O6S2. The molecule has 0 spiro atoms. The molecule has 0 saturated carbocycles. The molecule has 1 saturated heterocycles. The molecule has 0 radical (unpaired) electrons. The van der Waals surface area contributed by atoms with Crippen LogP contribution in [0.5, 0.6) is 5.75 Å². The van der Waals surface area contributed by atoms with Gasteiger partial charge in [0.15, 0.2) is 0 Å². The molecule has 0 N–H and O–H groups in total. The second kappa shape index (κ2) is 9.96. The van der Waals surface area contributed by atoms with Crippen LogP contribution in [0.3, 0.4) is 0 Å². The summed E-state index contributed by atoms with van der Waals surface area (Å²) in [5, 5.41) is 2.45. The molecule has 4 rings (SSSR count). The van der Waals surface area contributed by atoms with Crippen LogP contribution in [-0.2, 0) is 26.1 Å². The Morgan fingerprint density at radius 1 is 1.21 bits per heavy atom. The fraction of sp³-hybridized carbons (Fsp3) is 0.273. The molecule has 0 unspecified atom stereocenters. The van der Waals surface area contributed by atoms with E-state index in [4.69, 9.17) is 14.2 Å². The smallest absolute Gasteiger partial charge is 0.341 e. The number of esters is 1. The Kier molecular flexibility index (Phi) is 7.03. The zero-order chi connectivity index (χ0) is 23.4. The van der Waals surface area contributed by atoms with Crippen LogP contribution in [0.15, 0.2) is 52.7 Å². The van der Waals surface area contributed by atoms with Crippen molar-refractivity contribution >= 4 is 27.3 Å². The first kappa shape index (κ1) is 23.3. The first-order valence-corrected chi connectivity index (χ1v) is 12.3. The minimum Gasteiger partial charge on any atom is -0.497 e. The molecule has 2 heterocycles. The third-order valence-corrected chi connectivity index (χ3v) is 7.82. The van der Waals surface area contributed by atoms with Crippen LogP contribution in [0, 0.1) is 5.82 Å². The van der Waals surface area contributed by atoms with Crippen molar-refractivity contribution in [3.05, 3.63) is 64.9 Å². The number of hydrogen-bond donors (Lipinski definition) is 0. The maximum Gasteiger partial charge on any atom is 0.341 e. The van der Waals surface area contributed by atoms with Gasteiger partial charge < -0.3 is 14.2 Å². The average Bonchev–Trinajstić information content (AvgIpc) is 3.32. The van der Waals surface area contributed by atoms with Crippen molar-refractivity contribution < 1.29 is 31.8 Å². The van der Waals surface area contributed by atoms with E-state index in [1.807, 2.05) is 24.3 Å². The molecule has 1 aromatic heterocycles. The number of aromatic nitrogens is 1. The summed E-state index contributed by atoms with van der Waals surface area (Å²) < 4.78 is 56.8. The molecule has 1 fully saturated rings. The highest BCUT2D eigenvalue weighted by Crippen LogP contribution is 2.27. The van der Waals surface area contributed by atoms with E-state index >= 15 is 0 Å². The SMILES string of the molecule is COc1cccc(-c2nc(COC(=O)c3cc(S(=O)(=O)N4CCOCC4)ccc3F)cs2)c1. The molecule has 33 heavy (non-hydrogen) atoms. The molecule has 0 aliphatic carbocycles. The Hall–Kier alpha value is -2.86. The maximum absolute atomic E-state index is 14.3. The van der Waals surface area contributed by atoms with Gasteiger partial charge in [-0.1, -0.05) is 12.1 Å². The normalized spacial score (nSPS) is 14.7. The first-order valence-electron chi connectivity index (χ1n) is 10.0. The number of carbonyl (C=O) groups is 1. The zero-order valence-electron chi connectivity index (χ0n) is 17.7. The van der Waals surface area contributed by atoms with Crippen LogP contribution >= 0.6 is 11.3 Å². The van der Waals surface area contributed by atoms with Gasteiger partial charge in [-0.2, -0.15) is 4.31 Å². The predicted molar refractivity (Wildman–Crippen MR) is 119 cm³/mol. The van der Waals surface area contributed by atoms with Gasteiger partial charge in [0.2, 0.25) is 10.0 Å². The third kappa shape index (κ3) is 5.22. The van der Waals surface area contributed by atoms with E-state index in [1.165, 1.54) is 15.6 Å². The highest BCUT2D eigenvalue weighted by Gasteiger charge is 2.28. The van der Waals surface area contributed by atoms with Gasteiger partial charge in [-0.05, 0) is 30.3 Å². The van der Waals surface area contributed by atoms with Gasteiger partial charge in [0.25, 0.3) is 0 Å². The van der Waals surface area contributed by atoms with Crippen molar-refractivity contribution in [2.75, 3.05) is 33.4 Å². The molecule has 11 heteroatoms. The summed E-state index contributed by atoms with van der Waals surface area (Å²) in [6.07, 6.45) is 0. The summed E-state index contributed by atoms with van der Waals surface area (Å²) in [5.41, 5.74) is 0.889. The molecule has 1 aliphatic heterocycles. The molecule has 1 aliphatic rings. The number of hydrogen-bond acceptors (Lipinski definition) is 8. The lowest BCUT2D eigenvalue weighted by Crippen LogP contribution is -2.40. The number of morpholine rings is 1. The van der Waals surface area contributed by atoms with Gasteiger partial charge in [0.05, 0.1) is 36.5 Å². The van der Waals surface area contributed by atoms with E-state index in [0.717, 1.165) is 23.8 Å². The second-order valence-corrected chi connectivity index (χ2v) is 9.91. The highest BCUT2D eigenvalue weighted by atomic mass is 32.2. The number of ether oxygens (including phenoxy) is 3. The summed E-state index contributed by atoms with van der Waals surface area (Å²) in [6.45, 7) is 0.762. The van der Waals surface area contributed by atoms with Crippen LogP contribution in [0.2, 0.25) is 0 Å². The van der Waals surface area contributed by atoms with Gasteiger partial charge in [0, 0.05) is 24.0 Å². The Labute approximate surface area is 194 Å². The Morgan fingerprint density at radius 2 is 2.00 bits per heavy atom. The van der Waals surface area contributed by atoms with Crippen molar-refractivity contribution in [2.45, 2.75) is 11.5 Å².